The van der Waals surface area contributed by atoms with Crippen LogP contribution in [0.3, 0.4) is 0 Å². The topological polar surface area (TPSA) is 57.7 Å². The summed E-state index contributed by atoms with van der Waals surface area (Å²) in [6.45, 7) is 9.25. The van der Waals surface area contributed by atoms with E-state index in [2.05, 4.69) is 6.92 Å². The van der Waals surface area contributed by atoms with E-state index >= 15 is 0 Å². The number of sulfonamides is 1. The molecule has 1 fully saturated rings. The van der Waals surface area contributed by atoms with E-state index in [1.165, 1.54) is 4.31 Å². The SMILES string of the molecule is Cc1cc(C)c(S(=O)(=O)N2CCN(C(=O)C[C@@H](C)c3ccccc3)CC2)c(C)c1. The second-order valence-corrected chi connectivity index (χ2v) is 9.90. The van der Waals surface area contributed by atoms with Crippen molar-refractivity contribution in [2.75, 3.05) is 26.2 Å². The Hall–Kier alpha value is -2.18. The molecule has 1 amide bonds. The molecule has 0 saturated carbocycles. The average Bonchev–Trinajstić information content (AvgIpc) is 2.67. The van der Waals surface area contributed by atoms with Crippen LogP contribution in [0, 0.1) is 20.8 Å². The molecule has 29 heavy (non-hydrogen) atoms. The van der Waals surface area contributed by atoms with E-state index < -0.39 is 10.0 Å². The molecule has 1 atom stereocenters. The van der Waals surface area contributed by atoms with Gasteiger partial charge < -0.3 is 4.90 Å². The van der Waals surface area contributed by atoms with Crippen LogP contribution in [0.5, 0.6) is 0 Å². The summed E-state index contributed by atoms with van der Waals surface area (Å²) < 4.78 is 27.9. The number of carbonyl (C=O) groups excluding carboxylic acids is 1. The molecule has 3 rings (SSSR count). The number of rotatable bonds is 5. The lowest BCUT2D eigenvalue weighted by Gasteiger charge is -2.35. The van der Waals surface area contributed by atoms with Gasteiger partial charge >= 0.3 is 0 Å². The Balaban J connectivity index is 1.65. The van der Waals surface area contributed by atoms with Crippen molar-refractivity contribution in [2.24, 2.45) is 0 Å². The van der Waals surface area contributed by atoms with Crippen LogP contribution in [-0.2, 0) is 14.8 Å². The summed E-state index contributed by atoms with van der Waals surface area (Å²) >= 11 is 0. The Labute approximate surface area is 174 Å². The predicted octanol–water partition coefficient (Wildman–Crippen LogP) is 3.64. The lowest BCUT2D eigenvalue weighted by molar-refractivity contribution is -0.132. The maximum absolute atomic E-state index is 13.2. The fraction of sp³-hybridized carbons (Fsp3) is 0.435. The lowest BCUT2D eigenvalue weighted by atomic mass is 9.97. The molecule has 0 aliphatic carbocycles. The van der Waals surface area contributed by atoms with Crippen LogP contribution in [0.25, 0.3) is 0 Å². The van der Waals surface area contributed by atoms with E-state index in [9.17, 15) is 13.2 Å². The van der Waals surface area contributed by atoms with Gasteiger partial charge in [-0.25, -0.2) is 8.42 Å². The summed E-state index contributed by atoms with van der Waals surface area (Å²) in [7, 11) is -3.56. The van der Waals surface area contributed by atoms with Gasteiger partial charge in [-0.2, -0.15) is 4.31 Å². The molecule has 1 saturated heterocycles. The van der Waals surface area contributed by atoms with Gasteiger partial charge in [0.05, 0.1) is 4.90 Å². The summed E-state index contributed by atoms with van der Waals surface area (Å²) in [6.07, 6.45) is 0.437. The van der Waals surface area contributed by atoms with Crippen molar-refractivity contribution < 1.29 is 13.2 Å². The molecule has 156 valence electrons. The van der Waals surface area contributed by atoms with Crippen LogP contribution >= 0.6 is 0 Å². The molecular weight excluding hydrogens is 384 g/mol. The second kappa shape index (κ2) is 8.67. The number of carbonyl (C=O) groups is 1. The molecule has 1 heterocycles. The van der Waals surface area contributed by atoms with Gasteiger partial charge in [0.25, 0.3) is 0 Å². The molecule has 2 aromatic rings. The van der Waals surface area contributed by atoms with Gasteiger partial charge in [0.15, 0.2) is 0 Å². The number of nitrogens with zero attached hydrogens (tertiary/aromatic N) is 2. The van der Waals surface area contributed by atoms with Crippen molar-refractivity contribution in [3.05, 3.63) is 64.7 Å². The maximum atomic E-state index is 13.2. The molecule has 1 aliphatic rings. The number of hydrogen-bond donors (Lipinski definition) is 0. The highest BCUT2D eigenvalue weighted by molar-refractivity contribution is 7.89. The molecular formula is C23H30N2O3S. The lowest BCUT2D eigenvalue weighted by Crippen LogP contribution is -2.50. The molecule has 6 heteroatoms. The first-order chi connectivity index (χ1) is 13.7. The van der Waals surface area contributed by atoms with Crippen LogP contribution in [0.1, 0.15) is 41.5 Å². The minimum atomic E-state index is -3.56. The number of piperazine rings is 1. The van der Waals surface area contributed by atoms with Crippen molar-refractivity contribution in [2.45, 2.75) is 44.9 Å². The molecule has 0 radical (unpaired) electrons. The van der Waals surface area contributed by atoms with E-state index in [1.807, 2.05) is 63.2 Å². The second-order valence-electron chi connectivity index (χ2n) is 8.03. The minimum absolute atomic E-state index is 0.0844. The molecule has 2 aromatic carbocycles. The average molecular weight is 415 g/mol. The van der Waals surface area contributed by atoms with Crippen molar-refractivity contribution in [3.8, 4) is 0 Å². The van der Waals surface area contributed by atoms with Crippen LogP contribution in [0.4, 0.5) is 0 Å². The third-order valence-corrected chi connectivity index (χ3v) is 7.85. The Morgan fingerprint density at radius 1 is 0.966 bits per heavy atom. The summed E-state index contributed by atoms with van der Waals surface area (Å²) in [4.78, 5) is 14.9. The van der Waals surface area contributed by atoms with Gasteiger partial charge in [-0.3, -0.25) is 4.79 Å². The summed E-state index contributed by atoms with van der Waals surface area (Å²) in [6, 6.07) is 13.8. The highest BCUT2D eigenvalue weighted by Crippen LogP contribution is 2.26. The van der Waals surface area contributed by atoms with Crippen LogP contribution < -0.4 is 0 Å². The number of benzene rings is 2. The van der Waals surface area contributed by atoms with Crippen molar-refractivity contribution in [1.82, 2.24) is 9.21 Å². The quantitative estimate of drug-likeness (QED) is 0.751. The van der Waals surface area contributed by atoms with Crippen molar-refractivity contribution in [3.63, 3.8) is 0 Å². The molecule has 0 unspecified atom stereocenters. The fourth-order valence-electron chi connectivity index (χ4n) is 4.17. The monoisotopic (exact) mass is 414 g/mol. The van der Waals surface area contributed by atoms with Crippen LogP contribution in [0.2, 0.25) is 0 Å². The largest absolute Gasteiger partial charge is 0.340 e. The first-order valence-corrected chi connectivity index (χ1v) is 11.5. The van der Waals surface area contributed by atoms with Gasteiger partial charge in [-0.15, -0.1) is 0 Å². The molecule has 5 nitrogen and oxygen atoms in total. The first-order valence-electron chi connectivity index (χ1n) is 10.1. The third-order valence-electron chi connectivity index (χ3n) is 5.64. The van der Waals surface area contributed by atoms with Crippen molar-refractivity contribution >= 4 is 15.9 Å². The Kier molecular flexibility index (Phi) is 6.44. The summed E-state index contributed by atoms with van der Waals surface area (Å²) in [5.74, 6) is 0.226. The highest BCUT2D eigenvalue weighted by Gasteiger charge is 2.32. The third kappa shape index (κ3) is 4.70. The van der Waals surface area contributed by atoms with E-state index in [0.717, 1.165) is 22.3 Å². The van der Waals surface area contributed by atoms with E-state index in [4.69, 9.17) is 0 Å². The van der Waals surface area contributed by atoms with Gasteiger partial charge in [0.2, 0.25) is 15.9 Å². The Morgan fingerprint density at radius 2 is 1.52 bits per heavy atom. The maximum Gasteiger partial charge on any atom is 0.243 e. The zero-order valence-electron chi connectivity index (χ0n) is 17.7. The van der Waals surface area contributed by atoms with E-state index in [0.29, 0.717) is 37.5 Å². The van der Waals surface area contributed by atoms with Gasteiger partial charge in [-0.1, -0.05) is 55.0 Å². The molecule has 1 aliphatic heterocycles. The molecule has 0 bridgehead atoms. The summed E-state index contributed by atoms with van der Waals surface area (Å²) in [5.41, 5.74) is 3.75. The first kappa shape index (κ1) is 21.5. The van der Waals surface area contributed by atoms with Gasteiger partial charge in [-0.05, 0) is 43.4 Å². The fourth-order valence-corrected chi connectivity index (χ4v) is 6.00. The molecule has 0 spiro atoms. The van der Waals surface area contributed by atoms with E-state index in [1.54, 1.807) is 4.90 Å². The number of hydrogen-bond acceptors (Lipinski definition) is 3. The molecule has 0 N–H and O–H groups in total. The Bertz CT molecular complexity index is 955. The van der Waals surface area contributed by atoms with Crippen LogP contribution in [-0.4, -0.2) is 49.7 Å². The van der Waals surface area contributed by atoms with Crippen LogP contribution in [0.15, 0.2) is 47.4 Å². The highest BCUT2D eigenvalue weighted by atomic mass is 32.2. The predicted molar refractivity (Wildman–Crippen MR) is 115 cm³/mol. The van der Waals surface area contributed by atoms with Crippen molar-refractivity contribution in [1.29, 1.82) is 0 Å². The Morgan fingerprint density at radius 3 is 2.07 bits per heavy atom. The number of amides is 1. The van der Waals surface area contributed by atoms with Gasteiger partial charge in [0, 0.05) is 32.6 Å². The molecule has 0 aromatic heterocycles. The zero-order chi connectivity index (χ0) is 21.2. The van der Waals surface area contributed by atoms with Gasteiger partial charge in [0.1, 0.15) is 0 Å². The number of aryl methyl sites for hydroxylation is 3. The smallest absolute Gasteiger partial charge is 0.243 e. The normalized spacial score (nSPS) is 16.6. The zero-order valence-corrected chi connectivity index (χ0v) is 18.5. The minimum Gasteiger partial charge on any atom is -0.340 e. The standard InChI is InChI=1S/C23H30N2O3S/c1-17-14-19(3)23(20(4)15-17)29(27,28)25-12-10-24(11-13-25)22(26)16-18(2)21-8-6-5-7-9-21/h5-9,14-15,18H,10-13,16H2,1-4H3/t18-/m1/s1. The van der Waals surface area contributed by atoms with E-state index in [-0.39, 0.29) is 11.8 Å². The summed E-state index contributed by atoms with van der Waals surface area (Å²) in [5, 5.41) is 0.